The molecule has 3 aromatic rings. The summed E-state index contributed by atoms with van der Waals surface area (Å²) in [7, 11) is -4.09. The Kier molecular flexibility index (Phi) is 8.51. The van der Waals surface area contributed by atoms with E-state index in [1.807, 2.05) is 13.0 Å². The lowest BCUT2D eigenvalue weighted by atomic mass is 10.0. The molecule has 0 fully saturated rings. The Bertz CT molecular complexity index is 1630. The highest BCUT2D eigenvalue weighted by Gasteiger charge is 2.31. The van der Waals surface area contributed by atoms with Gasteiger partial charge in [-0.15, -0.1) is 11.3 Å². The molecular formula is C27H29N7O4S2. The molecule has 1 N–H and O–H groups in total. The molecule has 2 aromatic heterocycles. The van der Waals surface area contributed by atoms with Gasteiger partial charge in [0, 0.05) is 35.3 Å². The third-order valence-electron chi connectivity index (χ3n) is 6.71. The van der Waals surface area contributed by atoms with Crippen molar-refractivity contribution in [1.82, 2.24) is 19.0 Å². The first-order chi connectivity index (χ1) is 19.0. The van der Waals surface area contributed by atoms with Crippen molar-refractivity contribution < 1.29 is 18.0 Å². The fraction of sp³-hybridized carbons (Fsp3) is 0.370. The summed E-state index contributed by atoms with van der Waals surface area (Å²) in [5, 5.41) is 25.5. The smallest absolute Gasteiger partial charge is 0.281 e. The SMILES string of the molecule is Cc1cc(C)n(C(=O)c2c(NC(=O)c3ccc(S(=O)(=O)N(CC#N)CC#N)cc3)sc3c2CCN(C(C)C)C3)n1. The number of carbonyl (C=O) groups is 2. The Morgan fingerprint density at radius 2 is 1.80 bits per heavy atom. The molecule has 0 spiro atoms. The number of nitriles is 2. The van der Waals surface area contributed by atoms with Crippen LogP contribution in [0.15, 0.2) is 35.2 Å². The molecule has 1 aliphatic rings. The lowest BCUT2D eigenvalue weighted by Crippen LogP contribution is -2.35. The average Bonchev–Trinajstić information content (AvgIpc) is 3.45. The van der Waals surface area contributed by atoms with Gasteiger partial charge in [0.05, 0.1) is 28.3 Å². The zero-order chi connectivity index (χ0) is 29.2. The van der Waals surface area contributed by atoms with Gasteiger partial charge in [0.1, 0.15) is 18.1 Å². The Labute approximate surface area is 237 Å². The van der Waals surface area contributed by atoms with Crippen molar-refractivity contribution in [2.45, 2.75) is 51.6 Å². The molecule has 208 valence electrons. The Morgan fingerprint density at radius 3 is 2.35 bits per heavy atom. The number of benzene rings is 1. The first kappa shape index (κ1) is 29.1. The van der Waals surface area contributed by atoms with Crippen LogP contribution in [-0.2, 0) is 23.0 Å². The summed E-state index contributed by atoms with van der Waals surface area (Å²) in [6, 6.07) is 10.9. The fourth-order valence-corrected chi connectivity index (χ4v) is 7.10. The number of anilines is 1. The molecule has 40 heavy (non-hydrogen) atoms. The molecular weight excluding hydrogens is 550 g/mol. The van der Waals surface area contributed by atoms with Gasteiger partial charge < -0.3 is 5.32 Å². The first-order valence-electron chi connectivity index (χ1n) is 12.6. The van der Waals surface area contributed by atoms with Crippen LogP contribution in [-0.4, -0.2) is 64.9 Å². The Morgan fingerprint density at radius 1 is 1.15 bits per heavy atom. The maximum atomic E-state index is 13.7. The number of hydrogen-bond donors (Lipinski definition) is 1. The van der Waals surface area contributed by atoms with Crippen molar-refractivity contribution in [3.8, 4) is 12.1 Å². The van der Waals surface area contributed by atoms with Crippen molar-refractivity contribution in [3.63, 3.8) is 0 Å². The van der Waals surface area contributed by atoms with Crippen LogP contribution in [0.25, 0.3) is 0 Å². The molecule has 0 unspecified atom stereocenters. The predicted octanol–water partition coefficient (Wildman–Crippen LogP) is 3.31. The summed E-state index contributed by atoms with van der Waals surface area (Å²) < 4.78 is 27.8. The molecule has 1 amide bonds. The molecule has 4 rings (SSSR count). The molecule has 0 bridgehead atoms. The zero-order valence-corrected chi connectivity index (χ0v) is 24.3. The normalized spacial score (nSPS) is 13.6. The molecule has 0 saturated heterocycles. The minimum Gasteiger partial charge on any atom is -0.313 e. The summed E-state index contributed by atoms with van der Waals surface area (Å²) >= 11 is 1.36. The number of nitrogens with one attached hydrogen (secondary N) is 1. The van der Waals surface area contributed by atoms with E-state index in [4.69, 9.17) is 10.5 Å². The van der Waals surface area contributed by atoms with Crippen LogP contribution in [0.5, 0.6) is 0 Å². The molecule has 0 radical (unpaired) electrons. The molecule has 0 aliphatic carbocycles. The number of thiophene rings is 1. The van der Waals surface area contributed by atoms with E-state index in [0.29, 0.717) is 41.0 Å². The van der Waals surface area contributed by atoms with Crippen LogP contribution in [0, 0.1) is 36.5 Å². The first-order valence-corrected chi connectivity index (χ1v) is 14.9. The summed E-state index contributed by atoms with van der Waals surface area (Å²) in [5.74, 6) is -0.815. The fourth-order valence-electron chi connectivity index (χ4n) is 4.60. The van der Waals surface area contributed by atoms with E-state index in [-0.39, 0.29) is 16.4 Å². The summed E-state index contributed by atoms with van der Waals surface area (Å²) in [5.41, 5.74) is 2.92. The third kappa shape index (κ3) is 5.69. The number of carbonyl (C=O) groups excluding carboxylic acids is 2. The van der Waals surface area contributed by atoms with Gasteiger partial charge in [-0.2, -0.15) is 19.9 Å². The van der Waals surface area contributed by atoms with Crippen LogP contribution in [0.3, 0.4) is 0 Å². The highest BCUT2D eigenvalue weighted by molar-refractivity contribution is 7.89. The van der Waals surface area contributed by atoms with E-state index in [9.17, 15) is 18.0 Å². The number of rotatable bonds is 8. The van der Waals surface area contributed by atoms with E-state index in [1.54, 1.807) is 19.1 Å². The van der Waals surface area contributed by atoms with Crippen molar-refractivity contribution in [3.05, 3.63) is 63.3 Å². The highest BCUT2D eigenvalue weighted by atomic mass is 32.2. The molecule has 1 aliphatic heterocycles. The highest BCUT2D eigenvalue weighted by Crippen LogP contribution is 2.38. The second kappa shape index (κ2) is 11.7. The number of fused-ring (bicyclic) bond motifs is 1. The van der Waals surface area contributed by atoms with Gasteiger partial charge in [-0.25, -0.2) is 13.1 Å². The average molecular weight is 580 g/mol. The number of amides is 1. The van der Waals surface area contributed by atoms with Gasteiger partial charge in [0.15, 0.2) is 0 Å². The maximum absolute atomic E-state index is 13.7. The summed E-state index contributed by atoms with van der Waals surface area (Å²) in [6.45, 7) is 8.37. The molecule has 0 saturated carbocycles. The third-order valence-corrected chi connectivity index (χ3v) is 9.65. The maximum Gasteiger partial charge on any atom is 0.281 e. The van der Waals surface area contributed by atoms with Gasteiger partial charge in [-0.3, -0.25) is 14.5 Å². The van der Waals surface area contributed by atoms with Gasteiger partial charge in [0.2, 0.25) is 10.0 Å². The predicted molar refractivity (Wildman–Crippen MR) is 149 cm³/mol. The summed E-state index contributed by atoms with van der Waals surface area (Å²) in [4.78, 5) is 30.2. The molecule has 0 atom stereocenters. The zero-order valence-electron chi connectivity index (χ0n) is 22.6. The number of aryl methyl sites for hydroxylation is 2. The topological polar surface area (TPSA) is 152 Å². The van der Waals surface area contributed by atoms with Gasteiger partial charge >= 0.3 is 0 Å². The largest absolute Gasteiger partial charge is 0.313 e. The van der Waals surface area contributed by atoms with Crippen LogP contribution >= 0.6 is 11.3 Å². The van der Waals surface area contributed by atoms with Gasteiger partial charge in [0.25, 0.3) is 11.8 Å². The lowest BCUT2D eigenvalue weighted by molar-refractivity contribution is 0.0941. The second-order valence-corrected chi connectivity index (χ2v) is 12.8. The van der Waals surface area contributed by atoms with Crippen LogP contribution < -0.4 is 5.32 Å². The van der Waals surface area contributed by atoms with Crippen LogP contribution in [0.2, 0.25) is 0 Å². The second-order valence-electron chi connectivity index (χ2n) is 9.73. The minimum atomic E-state index is -4.09. The number of aromatic nitrogens is 2. The van der Waals surface area contributed by atoms with Crippen molar-refractivity contribution in [2.75, 3.05) is 25.0 Å². The van der Waals surface area contributed by atoms with E-state index in [2.05, 4.69) is 29.2 Å². The molecule has 3 heterocycles. The van der Waals surface area contributed by atoms with E-state index in [1.165, 1.54) is 40.3 Å². The van der Waals surface area contributed by atoms with Crippen molar-refractivity contribution in [1.29, 1.82) is 10.5 Å². The standard InChI is InChI=1S/C27H29N7O4S2/c1-17(2)32-12-9-22-23(16-32)39-26(24(22)27(36)34-19(4)15-18(3)31-34)30-25(35)20-5-7-21(8-6-20)40(37,38)33(13-10-28)14-11-29/h5-8,15,17H,9,12-14,16H2,1-4H3,(H,30,35). The molecule has 13 heteroatoms. The number of hydrogen-bond acceptors (Lipinski definition) is 9. The summed E-state index contributed by atoms with van der Waals surface area (Å²) in [6.07, 6.45) is 0.661. The van der Waals surface area contributed by atoms with E-state index in [0.717, 1.165) is 21.3 Å². The van der Waals surface area contributed by atoms with Gasteiger partial charge in [-0.05, 0) is 70.0 Å². The number of nitrogens with zero attached hydrogens (tertiary/aromatic N) is 6. The van der Waals surface area contributed by atoms with Crippen LogP contribution in [0.4, 0.5) is 5.00 Å². The number of sulfonamides is 1. The molecule has 1 aromatic carbocycles. The van der Waals surface area contributed by atoms with Crippen molar-refractivity contribution >= 4 is 38.2 Å². The quantitative estimate of drug-likeness (QED) is 0.399. The minimum absolute atomic E-state index is 0.143. The lowest BCUT2D eigenvalue weighted by Gasteiger charge is -2.30. The Balaban J connectivity index is 1.66. The van der Waals surface area contributed by atoms with Gasteiger partial charge in [-0.1, -0.05) is 0 Å². The monoisotopic (exact) mass is 579 g/mol. The van der Waals surface area contributed by atoms with E-state index >= 15 is 0 Å². The Hall–Kier alpha value is -3.88. The van der Waals surface area contributed by atoms with Crippen molar-refractivity contribution in [2.24, 2.45) is 0 Å². The van der Waals surface area contributed by atoms with Crippen LogP contribution in [0.1, 0.15) is 56.4 Å². The van der Waals surface area contributed by atoms with E-state index < -0.39 is 29.0 Å². The molecule has 11 nitrogen and oxygen atoms in total.